The Hall–Kier alpha value is -2.98. The number of aliphatic imine (C=N–C) groups is 1. The zero-order valence-corrected chi connectivity index (χ0v) is 18.6. The first kappa shape index (κ1) is 20.9. The molecule has 5 rings (SSSR count). The summed E-state index contributed by atoms with van der Waals surface area (Å²) in [6, 6.07) is 10.9. The van der Waals surface area contributed by atoms with Gasteiger partial charge in [0.05, 0.1) is 29.7 Å². The number of ether oxygens (including phenoxy) is 1. The van der Waals surface area contributed by atoms with Gasteiger partial charge in [0.15, 0.2) is 0 Å². The van der Waals surface area contributed by atoms with E-state index >= 15 is 0 Å². The number of fused-ring (bicyclic) bond motifs is 1. The number of imide groups is 2. The van der Waals surface area contributed by atoms with E-state index in [1.54, 1.807) is 31.4 Å². The normalized spacial score (nSPS) is 30.9. The Balaban J connectivity index is 1.65. The second-order valence-electron chi connectivity index (χ2n) is 7.86. The quantitative estimate of drug-likeness (QED) is 0.664. The van der Waals surface area contributed by atoms with Crippen LogP contribution in [0.1, 0.15) is 17.2 Å². The maximum atomic E-state index is 12.8. The monoisotopic (exact) mass is 469 g/mol. The SMILES string of the molecule is COc1ccc(N=C2SC3C(=O)NC(=O)C3C(c3cccs3)C2C2CC(=O)NC2=O)cc1. The van der Waals surface area contributed by atoms with Gasteiger partial charge in [-0.1, -0.05) is 17.8 Å². The summed E-state index contributed by atoms with van der Waals surface area (Å²) in [7, 11) is 1.57. The molecule has 1 aromatic heterocycles. The molecule has 164 valence electrons. The van der Waals surface area contributed by atoms with Gasteiger partial charge in [0.1, 0.15) is 11.0 Å². The molecular weight excluding hydrogens is 450 g/mol. The summed E-state index contributed by atoms with van der Waals surface area (Å²) in [6.45, 7) is 0. The second-order valence-corrected chi connectivity index (χ2v) is 10.00. The van der Waals surface area contributed by atoms with Gasteiger partial charge in [-0.25, -0.2) is 4.99 Å². The lowest BCUT2D eigenvalue weighted by atomic mass is 9.72. The van der Waals surface area contributed by atoms with E-state index in [1.807, 2.05) is 17.5 Å². The molecule has 8 nitrogen and oxygen atoms in total. The molecule has 0 saturated carbocycles. The third-order valence-electron chi connectivity index (χ3n) is 6.06. The average Bonchev–Trinajstić information content (AvgIpc) is 3.48. The van der Waals surface area contributed by atoms with Crippen LogP contribution >= 0.6 is 23.1 Å². The molecule has 5 unspecified atom stereocenters. The summed E-state index contributed by atoms with van der Waals surface area (Å²) in [6.07, 6.45) is 0.0283. The minimum atomic E-state index is -0.663. The Morgan fingerprint density at radius 1 is 0.938 bits per heavy atom. The molecule has 3 aliphatic heterocycles. The fraction of sp³-hybridized carbons (Fsp3) is 0.318. The minimum Gasteiger partial charge on any atom is -0.497 e. The van der Waals surface area contributed by atoms with Gasteiger partial charge in [0.2, 0.25) is 23.6 Å². The van der Waals surface area contributed by atoms with Crippen molar-refractivity contribution in [2.24, 2.45) is 22.7 Å². The Bertz CT molecular complexity index is 1130. The number of thioether (sulfide) groups is 1. The third kappa shape index (κ3) is 3.53. The zero-order valence-electron chi connectivity index (χ0n) is 16.9. The molecule has 0 radical (unpaired) electrons. The van der Waals surface area contributed by atoms with Crippen LogP contribution in [0, 0.1) is 17.8 Å². The highest BCUT2D eigenvalue weighted by atomic mass is 32.2. The first-order chi connectivity index (χ1) is 15.5. The van der Waals surface area contributed by atoms with Gasteiger partial charge in [0, 0.05) is 23.1 Å². The number of nitrogens with one attached hydrogen (secondary N) is 2. The number of benzene rings is 1. The number of rotatable bonds is 4. The lowest BCUT2D eigenvalue weighted by molar-refractivity contribution is -0.128. The van der Waals surface area contributed by atoms with E-state index in [9.17, 15) is 19.2 Å². The molecule has 2 aromatic rings. The van der Waals surface area contributed by atoms with Crippen LogP contribution in [-0.2, 0) is 19.2 Å². The Kier molecular flexibility index (Phi) is 5.34. The van der Waals surface area contributed by atoms with Crippen molar-refractivity contribution in [3.05, 3.63) is 46.7 Å². The van der Waals surface area contributed by atoms with Crippen LogP contribution in [0.4, 0.5) is 5.69 Å². The lowest BCUT2D eigenvalue weighted by Crippen LogP contribution is -2.44. The van der Waals surface area contributed by atoms with Crippen molar-refractivity contribution in [1.82, 2.24) is 10.6 Å². The number of carbonyl (C=O) groups is 4. The predicted molar refractivity (Wildman–Crippen MR) is 120 cm³/mol. The summed E-state index contributed by atoms with van der Waals surface area (Å²) >= 11 is 2.69. The fourth-order valence-electron chi connectivity index (χ4n) is 4.65. The van der Waals surface area contributed by atoms with Crippen LogP contribution in [0.3, 0.4) is 0 Å². The first-order valence-corrected chi connectivity index (χ1v) is 11.8. The molecule has 2 N–H and O–H groups in total. The topological polar surface area (TPSA) is 114 Å². The number of methoxy groups -OCH3 is 1. The summed E-state index contributed by atoms with van der Waals surface area (Å²) in [5, 5.41) is 6.68. The third-order valence-corrected chi connectivity index (χ3v) is 8.40. The highest BCUT2D eigenvalue weighted by Crippen LogP contribution is 2.53. The molecule has 0 bridgehead atoms. The molecule has 0 spiro atoms. The van der Waals surface area contributed by atoms with Gasteiger partial charge in [0.25, 0.3) is 0 Å². The number of amides is 4. The van der Waals surface area contributed by atoms with Crippen LogP contribution in [-0.4, -0.2) is 41.0 Å². The minimum absolute atomic E-state index is 0.0283. The van der Waals surface area contributed by atoms with Gasteiger partial charge in [-0.15, -0.1) is 11.3 Å². The van der Waals surface area contributed by atoms with Crippen molar-refractivity contribution >= 4 is 57.5 Å². The molecule has 10 heteroatoms. The molecule has 32 heavy (non-hydrogen) atoms. The van der Waals surface area contributed by atoms with Crippen LogP contribution < -0.4 is 15.4 Å². The standard InChI is InChI=1S/C22H19N3O5S2/c1-30-11-6-4-10(5-7-11)23-22-15(12-9-14(26)24-19(12)27)16(13-3-2-8-31-13)17-18(32-22)21(29)25-20(17)28/h2-8,12,15-18H,9H2,1H3,(H,24,26,27)(H,25,28,29). The highest BCUT2D eigenvalue weighted by Gasteiger charge is 2.58. The first-order valence-electron chi connectivity index (χ1n) is 10.1. The van der Waals surface area contributed by atoms with Crippen molar-refractivity contribution in [2.45, 2.75) is 17.6 Å². The van der Waals surface area contributed by atoms with Crippen molar-refractivity contribution in [2.75, 3.05) is 7.11 Å². The molecule has 3 fully saturated rings. The maximum absolute atomic E-state index is 12.8. The van der Waals surface area contributed by atoms with Crippen LogP contribution in [0.2, 0.25) is 0 Å². The average molecular weight is 470 g/mol. The van der Waals surface area contributed by atoms with E-state index in [4.69, 9.17) is 9.73 Å². The molecule has 1 aromatic carbocycles. The van der Waals surface area contributed by atoms with Gasteiger partial charge < -0.3 is 4.74 Å². The number of nitrogens with zero attached hydrogens (tertiary/aromatic N) is 1. The number of thiophene rings is 1. The Morgan fingerprint density at radius 3 is 2.34 bits per heavy atom. The van der Waals surface area contributed by atoms with Crippen molar-refractivity contribution in [1.29, 1.82) is 0 Å². The molecule has 4 amide bonds. The predicted octanol–water partition coefficient (Wildman–Crippen LogP) is 2.24. The Morgan fingerprint density at radius 2 is 1.72 bits per heavy atom. The van der Waals surface area contributed by atoms with E-state index in [1.165, 1.54) is 23.1 Å². The van der Waals surface area contributed by atoms with Crippen LogP contribution in [0.5, 0.6) is 5.75 Å². The van der Waals surface area contributed by atoms with E-state index in [-0.39, 0.29) is 30.0 Å². The Labute approximate surface area is 191 Å². The summed E-state index contributed by atoms with van der Waals surface area (Å²) in [4.78, 5) is 55.9. The van der Waals surface area contributed by atoms with E-state index in [2.05, 4.69) is 10.6 Å². The summed E-state index contributed by atoms with van der Waals surface area (Å²) < 4.78 is 5.20. The highest BCUT2D eigenvalue weighted by molar-refractivity contribution is 8.15. The molecule has 3 saturated heterocycles. The smallest absolute Gasteiger partial charge is 0.240 e. The maximum Gasteiger partial charge on any atom is 0.240 e. The van der Waals surface area contributed by atoms with E-state index < -0.39 is 28.9 Å². The summed E-state index contributed by atoms with van der Waals surface area (Å²) in [5.41, 5.74) is 0.635. The van der Waals surface area contributed by atoms with Gasteiger partial charge >= 0.3 is 0 Å². The molecular formula is C22H19N3O5S2. The van der Waals surface area contributed by atoms with Crippen molar-refractivity contribution in [3.63, 3.8) is 0 Å². The van der Waals surface area contributed by atoms with Gasteiger partial charge in [-0.05, 0) is 35.7 Å². The van der Waals surface area contributed by atoms with Crippen molar-refractivity contribution < 1.29 is 23.9 Å². The number of hydrogen-bond acceptors (Lipinski definition) is 8. The van der Waals surface area contributed by atoms with Crippen LogP contribution in [0.15, 0.2) is 46.8 Å². The lowest BCUT2D eigenvalue weighted by Gasteiger charge is -2.39. The fourth-order valence-corrected chi connectivity index (χ4v) is 7.06. The molecule has 4 heterocycles. The zero-order chi connectivity index (χ0) is 22.4. The molecule has 5 atom stereocenters. The van der Waals surface area contributed by atoms with Gasteiger partial charge in [-0.3, -0.25) is 29.8 Å². The number of carbonyl (C=O) groups excluding carboxylic acids is 4. The molecule has 0 aliphatic carbocycles. The van der Waals surface area contributed by atoms with E-state index in [0.29, 0.717) is 16.5 Å². The van der Waals surface area contributed by atoms with Crippen molar-refractivity contribution in [3.8, 4) is 5.75 Å². The number of hydrogen-bond donors (Lipinski definition) is 2. The second kappa shape index (κ2) is 8.18. The molecule has 3 aliphatic rings. The summed E-state index contributed by atoms with van der Waals surface area (Å²) in [5.74, 6) is -2.96. The van der Waals surface area contributed by atoms with Gasteiger partial charge in [-0.2, -0.15) is 0 Å². The van der Waals surface area contributed by atoms with E-state index in [0.717, 1.165) is 4.88 Å². The largest absolute Gasteiger partial charge is 0.497 e. The van der Waals surface area contributed by atoms with Crippen LogP contribution in [0.25, 0.3) is 0 Å².